The van der Waals surface area contributed by atoms with Crippen LogP contribution in [0.5, 0.6) is 5.75 Å². The van der Waals surface area contributed by atoms with Gasteiger partial charge in [-0.2, -0.15) is 0 Å². The Kier molecular flexibility index (Phi) is 4.54. The first kappa shape index (κ1) is 16.8. The molecule has 0 bridgehead atoms. The Morgan fingerprint density at radius 3 is 2.62 bits per heavy atom. The maximum absolute atomic E-state index is 13.1. The number of aromatic nitrogens is 1. The van der Waals surface area contributed by atoms with Crippen LogP contribution in [-0.2, 0) is 16.4 Å². The van der Waals surface area contributed by atoms with E-state index in [1.807, 2.05) is 6.07 Å². The molecule has 24 heavy (non-hydrogen) atoms. The van der Waals surface area contributed by atoms with E-state index in [2.05, 4.69) is 0 Å². The highest BCUT2D eigenvalue weighted by atomic mass is 35.5. The molecule has 0 spiro atoms. The smallest absolute Gasteiger partial charge is 0.269 e. The van der Waals surface area contributed by atoms with Crippen LogP contribution < -0.4 is 10.5 Å². The Morgan fingerprint density at radius 2 is 1.96 bits per heavy atom. The lowest BCUT2D eigenvalue weighted by Gasteiger charge is -2.09. The zero-order valence-electron chi connectivity index (χ0n) is 13.1. The van der Waals surface area contributed by atoms with Crippen LogP contribution in [0.4, 0.5) is 0 Å². The molecule has 5 nitrogen and oxygen atoms in total. The molecule has 1 aromatic heterocycles. The van der Waals surface area contributed by atoms with Gasteiger partial charge < -0.3 is 10.5 Å². The van der Waals surface area contributed by atoms with E-state index in [0.717, 1.165) is 10.9 Å². The SMILES string of the molecule is COc1ccc2c(c1)c(CCN)cn2S(=O)(=O)c1ccccc1Cl. The van der Waals surface area contributed by atoms with Crippen molar-refractivity contribution in [2.24, 2.45) is 5.73 Å². The van der Waals surface area contributed by atoms with Crippen LogP contribution in [0.15, 0.2) is 53.6 Å². The third kappa shape index (κ3) is 2.77. The van der Waals surface area contributed by atoms with Crippen LogP contribution in [-0.4, -0.2) is 26.0 Å². The van der Waals surface area contributed by atoms with Crippen LogP contribution >= 0.6 is 11.6 Å². The summed E-state index contributed by atoms with van der Waals surface area (Å²) in [6.45, 7) is 0.419. The molecule has 3 aromatic rings. The largest absolute Gasteiger partial charge is 0.497 e. The first-order chi connectivity index (χ1) is 11.5. The predicted octanol–water partition coefficient (Wildman–Crippen LogP) is 3.04. The minimum Gasteiger partial charge on any atom is -0.497 e. The van der Waals surface area contributed by atoms with Gasteiger partial charge in [-0.05, 0) is 48.9 Å². The number of hydrogen-bond donors (Lipinski definition) is 1. The van der Waals surface area contributed by atoms with Crippen molar-refractivity contribution < 1.29 is 13.2 Å². The number of rotatable bonds is 5. The molecule has 0 atom stereocenters. The Hall–Kier alpha value is -2.02. The number of ether oxygens (including phenoxy) is 1. The second kappa shape index (κ2) is 6.47. The van der Waals surface area contributed by atoms with Crippen LogP contribution in [0.25, 0.3) is 10.9 Å². The fourth-order valence-electron chi connectivity index (χ4n) is 2.69. The summed E-state index contributed by atoms with van der Waals surface area (Å²) >= 11 is 6.09. The van der Waals surface area contributed by atoms with Crippen LogP contribution in [0, 0.1) is 0 Å². The Balaban J connectivity index is 2.28. The van der Waals surface area contributed by atoms with E-state index in [4.69, 9.17) is 22.1 Å². The highest BCUT2D eigenvalue weighted by Crippen LogP contribution is 2.31. The van der Waals surface area contributed by atoms with Crippen molar-refractivity contribution in [3.05, 3.63) is 59.2 Å². The average molecular weight is 365 g/mol. The number of hydrogen-bond acceptors (Lipinski definition) is 4. The normalized spacial score (nSPS) is 11.8. The molecule has 7 heteroatoms. The van der Waals surface area contributed by atoms with Gasteiger partial charge in [0.1, 0.15) is 10.6 Å². The standard InChI is InChI=1S/C17H17ClN2O3S/c1-23-13-6-7-16-14(10-13)12(8-9-19)11-20(16)24(21,22)17-5-3-2-4-15(17)18/h2-7,10-11H,8-9,19H2,1H3. The van der Waals surface area contributed by atoms with Gasteiger partial charge in [0.2, 0.25) is 0 Å². The van der Waals surface area contributed by atoms with Gasteiger partial charge in [0.15, 0.2) is 0 Å². The van der Waals surface area contributed by atoms with E-state index in [1.54, 1.807) is 43.6 Å². The minimum atomic E-state index is -3.81. The number of fused-ring (bicyclic) bond motifs is 1. The number of halogens is 1. The van der Waals surface area contributed by atoms with Gasteiger partial charge in [-0.25, -0.2) is 12.4 Å². The molecular weight excluding hydrogens is 348 g/mol. The van der Waals surface area contributed by atoms with Crippen molar-refractivity contribution in [2.45, 2.75) is 11.3 Å². The van der Waals surface area contributed by atoms with E-state index in [-0.39, 0.29) is 9.92 Å². The summed E-state index contributed by atoms with van der Waals surface area (Å²) in [5.74, 6) is 0.661. The van der Waals surface area contributed by atoms with Crippen molar-refractivity contribution in [3.8, 4) is 5.75 Å². The maximum atomic E-state index is 13.1. The van der Waals surface area contributed by atoms with Gasteiger partial charge in [0.25, 0.3) is 10.0 Å². The van der Waals surface area contributed by atoms with Crippen LogP contribution in [0.2, 0.25) is 5.02 Å². The average Bonchev–Trinajstić information content (AvgIpc) is 2.94. The van der Waals surface area contributed by atoms with Crippen LogP contribution in [0.3, 0.4) is 0 Å². The molecule has 0 aliphatic carbocycles. The summed E-state index contributed by atoms with van der Waals surface area (Å²) in [5, 5.41) is 0.990. The second-order valence-electron chi connectivity index (χ2n) is 5.31. The lowest BCUT2D eigenvalue weighted by Crippen LogP contribution is -2.12. The van der Waals surface area contributed by atoms with Gasteiger partial charge in [-0.1, -0.05) is 23.7 Å². The maximum Gasteiger partial charge on any atom is 0.269 e. The molecule has 126 valence electrons. The first-order valence-corrected chi connectivity index (χ1v) is 9.19. The van der Waals surface area contributed by atoms with Gasteiger partial charge in [-0.3, -0.25) is 0 Å². The summed E-state index contributed by atoms with van der Waals surface area (Å²) < 4.78 is 32.6. The van der Waals surface area contributed by atoms with Crippen molar-refractivity contribution in [3.63, 3.8) is 0 Å². The first-order valence-electron chi connectivity index (χ1n) is 7.37. The molecule has 0 saturated carbocycles. The molecule has 2 aromatic carbocycles. The molecule has 0 saturated heterocycles. The van der Waals surface area contributed by atoms with Gasteiger partial charge in [0, 0.05) is 11.6 Å². The topological polar surface area (TPSA) is 74.3 Å². The minimum absolute atomic E-state index is 0.0682. The molecule has 2 N–H and O–H groups in total. The van der Waals surface area contributed by atoms with Crippen molar-refractivity contribution >= 4 is 32.5 Å². The summed E-state index contributed by atoms with van der Waals surface area (Å²) in [5.41, 5.74) is 7.08. The monoisotopic (exact) mass is 364 g/mol. The van der Waals surface area contributed by atoms with Crippen molar-refractivity contribution in [1.82, 2.24) is 3.97 Å². The van der Waals surface area contributed by atoms with E-state index >= 15 is 0 Å². The quantitative estimate of drug-likeness (QED) is 0.755. The third-order valence-electron chi connectivity index (χ3n) is 3.85. The Labute approximate surface area is 145 Å². The lowest BCUT2D eigenvalue weighted by molar-refractivity contribution is 0.415. The molecule has 0 unspecified atom stereocenters. The third-order valence-corrected chi connectivity index (χ3v) is 6.02. The van der Waals surface area contributed by atoms with Crippen molar-refractivity contribution in [2.75, 3.05) is 13.7 Å². The van der Waals surface area contributed by atoms with Crippen LogP contribution in [0.1, 0.15) is 5.56 Å². The fourth-order valence-corrected chi connectivity index (χ4v) is 4.57. The summed E-state index contributed by atoms with van der Waals surface area (Å²) in [6.07, 6.45) is 2.17. The number of nitrogens with two attached hydrogens (primary N) is 1. The van der Waals surface area contributed by atoms with Gasteiger partial charge in [0.05, 0.1) is 17.6 Å². The molecule has 3 rings (SSSR count). The molecule has 0 aliphatic rings. The predicted molar refractivity (Wildman–Crippen MR) is 95.3 cm³/mol. The number of benzene rings is 2. The summed E-state index contributed by atoms with van der Waals surface area (Å²) in [6, 6.07) is 11.7. The fraction of sp³-hybridized carbons (Fsp3) is 0.176. The van der Waals surface area contributed by atoms with E-state index < -0.39 is 10.0 Å². The van der Waals surface area contributed by atoms with E-state index in [0.29, 0.717) is 24.2 Å². The van der Waals surface area contributed by atoms with Gasteiger partial charge in [-0.15, -0.1) is 0 Å². The zero-order valence-corrected chi connectivity index (χ0v) is 14.6. The van der Waals surface area contributed by atoms with E-state index in [9.17, 15) is 8.42 Å². The molecule has 1 heterocycles. The molecular formula is C17H17ClN2O3S. The number of methoxy groups -OCH3 is 1. The summed E-state index contributed by atoms with van der Waals surface area (Å²) in [7, 11) is -2.24. The second-order valence-corrected chi connectivity index (χ2v) is 7.50. The van der Waals surface area contributed by atoms with Gasteiger partial charge >= 0.3 is 0 Å². The highest BCUT2D eigenvalue weighted by Gasteiger charge is 2.23. The highest BCUT2D eigenvalue weighted by molar-refractivity contribution is 7.90. The lowest BCUT2D eigenvalue weighted by atomic mass is 10.1. The Bertz CT molecular complexity index is 996. The molecule has 0 aliphatic heterocycles. The zero-order chi connectivity index (χ0) is 17.3. The molecule has 0 amide bonds. The Morgan fingerprint density at radius 1 is 1.21 bits per heavy atom. The van der Waals surface area contributed by atoms with Crippen molar-refractivity contribution in [1.29, 1.82) is 0 Å². The van der Waals surface area contributed by atoms with E-state index in [1.165, 1.54) is 10.0 Å². The number of nitrogens with zero attached hydrogens (tertiary/aromatic N) is 1. The molecule has 0 radical (unpaired) electrons. The molecule has 0 fully saturated rings. The summed E-state index contributed by atoms with van der Waals surface area (Å²) in [4.78, 5) is 0.0682.